The van der Waals surface area contributed by atoms with E-state index < -0.39 is 17.6 Å². The fourth-order valence-electron chi connectivity index (χ4n) is 2.46. The van der Waals surface area contributed by atoms with Gasteiger partial charge in [0.1, 0.15) is 0 Å². The van der Waals surface area contributed by atoms with Gasteiger partial charge in [0.15, 0.2) is 0 Å². The normalized spacial score (nSPS) is 11.1. The van der Waals surface area contributed by atoms with E-state index in [1.165, 1.54) is 0 Å². The van der Waals surface area contributed by atoms with E-state index in [1.54, 1.807) is 24.3 Å². The fraction of sp³-hybridized carbons (Fsp3) is 0.316. The highest BCUT2D eigenvalue weighted by Crippen LogP contribution is 2.29. The number of para-hydroxylation sites is 2. The summed E-state index contributed by atoms with van der Waals surface area (Å²) in [4.78, 5) is 27.2. The Morgan fingerprint density at radius 2 is 1.61 bits per heavy atom. The van der Waals surface area contributed by atoms with Crippen LogP contribution in [-0.4, -0.2) is 16.8 Å². The minimum atomic E-state index is -4.52. The average Bonchev–Trinajstić information content (AvgIpc) is 2.63. The maximum atomic E-state index is 12.6. The fourth-order valence-corrected chi connectivity index (χ4v) is 2.46. The van der Waals surface area contributed by atoms with Gasteiger partial charge in [0, 0.05) is 19.0 Å². The molecule has 0 aliphatic rings. The Morgan fingerprint density at radius 3 is 2.25 bits per heavy atom. The lowest BCUT2D eigenvalue weighted by molar-refractivity contribution is -0.137. The summed E-state index contributed by atoms with van der Waals surface area (Å²) in [5, 5.41) is 5.12. The molecule has 1 aromatic heterocycles. The zero-order valence-corrected chi connectivity index (χ0v) is 15.1. The SMILES string of the molecule is Nc1ccccc1NC(=O)CCCCCC(=O)Nc1cncc(C(F)(F)F)c1. The molecule has 2 aromatic rings. The van der Waals surface area contributed by atoms with Crippen molar-refractivity contribution in [2.75, 3.05) is 16.4 Å². The second-order valence-electron chi connectivity index (χ2n) is 6.20. The number of carbonyl (C=O) groups excluding carboxylic acids is 2. The van der Waals surface area contributed by atoms with Crippen LogP contribution >= 0.6 is 0 Å². The van der Waals surface area contributed by atoms with Crippen molar-refractivity contribution >= 4 is 28.9 Å². The smallest absolute Gasteiger partial charge is 0.397 e. The number of nitrogen functional groups attached to an aromatic ring is 1. The molecule has 9 heteroatoms. The minimum absolute atomic E-state index is 0.000322. The van der Waals surface area contributed by atoms with Crippen LogP contribution in [0.25, 0.3) is 0 Å². The van der Waals surface area contributed by atoms with Crippen molar-refractivity contribution in [2.45, 2.75) is 38.3 Å². The number of carbonyl (C=O) groups is 2. The van der Waals surface area contributed by atoms with Gasteiger partial charge in [-0.1, -0.05) is 18.6 Å². The molecule has 2 rings (SSSR count). The Balaban J connectivity index is 1.66. The number of aromatic nitrogens is 1. The standard InChI is InChI=1S/C19H21F3N4O2/c20-19(21,22)13-10-14(12-24-11-13)25-17(27)8-2-1-3-9-18(28)26-16-7-5-4-6-15(16)23/h4-7,10-12H,1-3,8-9,23H2,(H,25,27)(H,26,28). The first-order valence-electron chi connectivity index (χ1n) is 8.72. The molecule has 1 aromatic carbocycles. The van der Waals surface area contributed by atoms with Crippen LogP contribution in [0.4, 0.5) is 30.2 Å². The van der Waals surface area contributed by atoms with E-state index in [9.17, 15) is 22.8 Å². The third-order valence-corrected chi connectivity index (χ3v) is 3.89. The quantitative estimate of drug-likeness (QED) is 0.461. The zero-order valence-electron chi connectivity index (χ0n) is 15.1. The van der Waals surface area contributed by atoms with Crippen LogP contribution < -0.4 is 16.4 Å². The summed E-state index contributed by atoms with van der Waals surface area (Å²) in [5.74, 6) is -0.569. The van der Waals surface area contributed by atoms with Gasteiger partial charge in [0.05, 0.1) is 28.8 Å². The Labute approximate surface area is 160 Å². The van der Waals surface area contributed by atoms with Gasteiger partial charge in [-0.15, -0.1) is 0 Å². The predicted molar refractivity (Wildman–Crippen MR) is 100 cm³/mol. The van der Waals surface area contributed by atoms with Crippen molar-refractivity contribution in [3.8, 4) is 0 Å². The molecule has 0 radical (unpaired) electrons. The third-order valence-electron chi connectivity index (χ3n) is 3.89. The highest BCUT2D eigenvalue weighted by molar-refractivity contribution is 5.93. The number of hydrogen-bond donors (Lipinski definition) is 3. The molecule has 0 unspecified atom stereocenters. The highest BCUT2D eigenvalue weighted by atomic mass is 19.4. The van der Waals surface area contributed by atoms with Gasteiger partial charge in [-0.2, -0.15) is 13.2 Å². The Hall–Kier alpha value is -3.10. The largest absolute Gasteiger partial charge is 0.417 e. The number of amides is 2. The minimum Gasteiger partial charge on any atom is -0.397 e. The summed E-state index contributed by atoms with van der Waals surface area (Å²) < 4.78 is 37.9. The van der Waals surface area contributed by atoms with Gasteiger partial charge in [0.25, 0.3) is 0 Å². The number of pyridine rings is 1. The molecule has 1 heterocycles. The van der Waals surface area contributed by atoms with Crippen LogP contribution in [-0.2, 0) is 15.8 Å². The van der Waals surface area contributed by atoms with Crippen LogP contribution in [0.5, 0.6) is 0 Å². The van der Waals surface area contributed by atoms with E-state index in [0.29, 0.717) is 36.8 Å². The number of benzene rings is 1. The van der Waals surface area contributed by atoms with Gasteiger partial charge < -0.3 is 16.4 Å². The average molecular weight is 394 g/mol. The maximum Gasteiger partial charge on any atom is 0.417 e. The van der Waals surface area contributed by atoms with Crippen molar-refractivity contribution in [2.24, 2.45) is 0 Å². The van der Waals surface area contributed by atoms with E-state index in [4.69, 9.17) is 5.73 Å². The van der Waals surface area contributed by atoms with Crippen LogP contribution in [0.15, 0.2) is 42.7 Å². The second-order valence-corrected chi connectivity index (χ2v) is 6.20. The first-order chi connectivity index (χ1) is 13.3. The molecular formula is C19H21F3N4O2. The molecule has 0 atom stereocenters. The summed E-state index contributed by atoms with van der Waals surface area (Å²) in [6, 6.07) is 7.77. The lowest BCUT2D eigenvalue weighted by Crippen LogP contribution is -2.14. The first kappa shape index (κ1) is 21.2. The van der Waals surface area contributed by atoms with E-state index in [0.717, 1.165) is 12.3 Å². The Morgan fingerprint density at radius 1 is 0.964 bits per heavy atom. The predicted octanol–water partition coefficient (Wildman–Crippen LogP) is 4.21. The summed E-state index contributed by atoms with van der Waals surface area (Å²) in [6.07, 6.45) is -0.506. The van der Waals surface area contributed by atoms with Crippen molar-refractivity contribution in [1.82, 2.24) is 4.98 Å². The summed E-state index contributed by atoms with van der Waals surface area (Å²) in [6.45, 7) is 0. The van der Waals surface area contributed by atoms with E-state index in [-0.39, 0.29) is 24.4 Å². The third kappa shape index (κ3) is 6.90. The molecule has 6 nitrogen and oxygen atoms in total. The monoisotopic (exact) mass is 394 g/mol. The summed E-state index contributed by atoms with van der Waals surface area (Å²) in [7, 11) is 0. The number of hydrogen-bond acceptors (Lipinski definition) is 4. The van der Waals surface area contributed by atoms with Gasteiger partial charge in [0.2, 0.25) is 11.8 Å². The summed E-state index contributed by atoms with van der Waals surface area (Å²) in [5.41, 5.74) is 5.87. The first-order valence-corrected chi connectivity index (χ1v) is 8.72. The van der Waals surface area contributed by atoms with Gasteiger partial charge in [-0.05, 0) is 31.0 Å². The number of nitrogens with one attached hydrogen (secondary N) is 2. The number of nitrogens with zero attached hydrogens (tertiary/aromatic N) is 1. The number of unbranched alkanes of at least 4 members (excludes halogenated alkanes) is 2. The van der Waals surface area contributed by atoms with Crippen molar-refractivity contribution in [3.63, 3.8) is 0 Å². The topological polar surface area (TPSA) is 97.1 Å². The molecule has 0 spiro atoms. The summed E-state index contributed by atoms with van der Waals surface area (Å²) >= 11 is 0. The Bertz CT molecular complexity index is 825. The molecule has 4 N–H and O–H groups in total. The van der Waals surface area contributed by atoms with E-state index in [2.05, 4.69) is 15.6 Å². The number of rotatable bonds is 8. The van der Waals surface area contributed by atoms with Crippen molar-refractivity contribution < 1.29 is 22.8 Å². The molecule has 28 heavy (non-hydrogen) atoms. The van der Waals surface area contributed by atoms with Gasteiger partial charge in [-0.25, -0.2) is 0 Å². The van der Waals surface area contributed by atoms with Crippen molar-refractivity contribution in [3.05, 3.63) is 48.3 Å². The van der Waals surface area contributed by atoms with Gasteiger partial charge >= 0.3 is 6.18 Å². The number of halogens is 3. The lowest BCUT2D eigenvalue weighted by Gasteiger charge is -2.09. The highest BCUT2D eigenvalue weighted by Gasteiger charge is 2.31. The maximum absolute atomic E-state index is 12.6. The molecule has 0 fully saturated rings. The molecule has 0 saturated carbocycles. The van der Waals surface area contributed by atoms with Gasteiger partial charge in [-0.3, -0.25) is 14.6 Å². The number of anilines is 3. The van der Waals surface area contributed by atoms with E-state index >= 15 is 0 Å². The molecule has 0 bridgehead atoms. The molecule has 0 saturated heterocycles. The Kier molecular flexibility index (Phi) is 7.36. The number of alkyl halides is 3. The number of nitrogens with two attached hydrogens (primary N) is 1. The lowest BCUT2D eigenvalue weighted by atomic mass is 10.1. The van der Waals surface area contributed by atoms with Crippen LogP contribution in [0.3, 0.4) is 0 Å². The molecule has 0 aliphatic heterocycles. The second kappa shape index (κ2) is 9.72. The van der Waals surface area contributed by atoms with Crippen LogP contribution in [0, 0.1) is 0 Å². The van der Waals surface area contributed by atoms with E-state index in [1.807, 2.05) is 0 Å². The van der Waals surface area contributed by atoms with Crippen molar-refractivity contribution in [1.29, 1.82) is 0 Å². The molecule has 150 valence electrons. The molecule has 2 amide bonds. The van der Waals surface area contributed by atoms with Crippen LogP contribution in [0.2, 0.25) is 0 Å². The van der Waals surface area contributed by atoms with Crippen LogP contribution in [0.1, 0.15) is 37.7 Å². The zero-order chi connectivity index (χ0) is 20.6. The molecular weight excluding hydrogens is 373 g/mol. The molecule has 0 aliphatic carbocycles.